The number of unbranched alkanes of at least 4 members (excludes halogenated alkanes) is 3. The SMILES string of the molecule is Nc1nc(Br)n(CCCCCCO)n1. The number of aliphatic hydroxyl groups excluding tert-OH is 1. The molecule has 0 bridgehead atoms. The van der Waals surface area contributed by atoms with Gasteiger partial charge in [-0.05, 0) is 28.8 Å². The highest BCUT2D eigenvalue weighted by Crippen LogP contribution is 2.10. The number of nitrogen functional groups attached to an aromatic ring is 1. The van der Waals surface area contributed by atoms with Gasteiger partial charge < -0.3 is 10.8 Å². The molecule has 0 radical (unpaired) electrons. The van der Waals surface area contributed by atoms with E-state index in [9.17, 15) is 0 Å². The molecule has 0 aliphatic rings. The highest BCUT2D eigenvalue weighted by atomic mass is 79.9. The standard InChI is InChI=1S/C8H15BrN4O/c9-7-11-8(10)12-13(7)5-3-1-2-4-6-14/h14H,1-6H2,(H2,10,12). The first-order chi connectivity index (χ1) is 6.74. The van der Waals surface area contributed by atoms with Gasteiger partial charge in [0.25, 0.3) is 0 Å². The number of hydrogen-bond acceptors (Lipinski definition) is 4. The average molecular weight is 263 g/mol. The minimum absolute atomic E-state index is 0.278. The summed E-state index contributed by atoms with van der Waals surface area (Å²) < 4.78 is 2.42. The molecule has 1 aromatic heterocycles. The number of nitrogens with two attached hydrogens (primary N) is 1. The molecule has 14 heavy (non-hydrogen) atoms. The van der Waals surface area contributed by atoms with E-state index in [1.54, 1.807) is 4.68 Å². The van der Waals surface area contributed by atoms with E-state index >= 15 is 0 Å². The van der Waals surface area contributed by atoms with Crippen LogP contribution in [-0.4, -0.2) is 26.5 Å². The molecule has 0 amide bonds. The Hall–Kier alpha value is -0.620. The summed E-state index contributed by atoms with van der Waals surface area (Å²) in [5.74, 6) is 0.298. The van der Waals surface area contributed by atoms with Gasteiger partial charge in [-0.15, -0.1) is 5.10 Å². The molecular weight excluding hydrogens is 248 g/mol. The fourth-order valence-corrected chi connectivity index (χ4v) is 1.65. The maximum Gasteiger partial charge on any atom is 0.240 e. The van der Waals surface area contributed by atoms with E-state index in [0.29, 0.717) is 10.7 Å². The van der Waals surface area contributed by atoms with Crippen LogP contribution in [0.15, 0.2) is 4.73 Å². The molecule has 0 aliphatic carbocycles. The van der Waals surface area contributed by atoms with Gasteiger partial charge in [-0.3, -0.25) is 0 Å². The Morgan fingerprint density at radius 3 is 2.57 bits per heavy atom. The van der Waals surface area contributed by atoms with Crippen molar-refractivity contribution in [1.29, 1.82) is 0 Å². The Morgan fingerprint density at radius 1 is 1.29 bits per heavy atom. The summed E-state index contributed by atoms with van der Waals surface area (Å²) in [6.45, 7) is 1.09. The number of aromatic nitrogens is 3. The van der Waals surface area contributed by atoms with Crippen molar-refractivity contribution in [2.24, 2.45) is 0 Å². The minimum atomic E-state index is 0.278. The van der Waals surface area contributed by atoms with E-state index < -0.39 is 0 Å². The number of aliphatic hydroxyl groups is 1. The lowest BCUT2D eigenvalue weighted by molar-refractivity contribution is 0.282. The van der Waals surface area contributed by atoms with E-state index in [-0.39, 0.29) is 6.61 Å². The second-order valence-electron chi connectivity index (χ2n) is 3.10. The molecule has 5 nitrogen and oxygen atoms in total. The zero-order chi connectivity index (χ0) is 10.4. The Kier molecular flexibility index (Phi) is 4.89. The number of aryl methyl sites for hydroxylation is 1. The molecule has 3 N–H and O–H groups in total. The molecule has 0 spiro atoms. The number of anilines is 1. The lowest BCUT2D eigenvalue weighted by Gasteiger charge is -2.01. The molecule has 0 saturated carbocycles. The number of halogens is 1. The maximum absolute atomic E-state index is 8.58. The molecule has 6 heteroatoms. The van der Waals surface area contributed by atoms with Gasteiger partial charge >= 0.3 is 0 Å². The van der Waals surface area contributed by atoms with Crippen LogP contribution in [0.1, 0.15) is 25.7 Å². The molecule has 0 aromatic carbocycles. The van der Waals surface area contributed by atoms with E-state index in [1.807, 2.05) is 0 Å². The average Bonchev–Trinajstić information content (AvgIpc) is 2.45. The van der Waals surface area contributed by atoms with Crippen LogP contribution >= 0.6 is 15.9 Å². The van der Waals surface area contributed by atoms with E-state index in [1.165, 1.54) is 0 Å². The van der Waals surface area contributed by atoms with Crippen LogP contribution in [0.25, 0.3) is 0 Å². The van der Waals surface area contributed by atoms with Crippen molar-refractivity contribution < 1.29 is 5.11 Å². The molecule has 0 atom stereocenters. The van der Waals surface area contributed by atoms with Crippen LogP contribution < -0.4 is 5.73 Å². The van der Waals surface area contributed by atoms with Crippen molar-refractivity contribution in [2.45, 2.75) is 32.2 Å². The van der Waals surface area contributed by atoms with Crippen LogP contribution in [0.4, 0.5) is 5.95 Å². The Morgan fingerprint density at radius 2 is 2.00 bits per heavy atom. The third-order valence-corrected chi connectivity index (χ3v) is 2.51. The lowest BCUT2D eigenvalue weighted by Crippen LogP contribution is -2.01. The van der Waals surface area contributed by atoms with Crippen LogP contribution in [0.3, 0.4) is 0 Å². The number of rotatable bonds is 6. The molecule has 1 aromatic rings. The molecule has 0 saturated heterocycles. The van der Waals surface area contributed by atoms with Gasteiger partial charge in [0, 0.05) is 13.2 Å². The van der Waals surface area contributed by atoms with Gasteiger partial charge in [0.05, 0.1) is 0 Å². The van der Waals surface area contributed by atoms with Gasteiger partial charge in [-0.1, -0.05) is 12.8 Å². The normalized spacial score (nSPS) is 10.7. The second kappa shape index (κ2) is 5.98. The van der Waals surface area contributed by atoms with Gasteiger partial charge in [-0.25, -0.2) is 4.68 Å². The summed E-state index contributed by atoms with van der Waals surface area (Å²) in [5.41, 5.74) is 5.43. The molecule has 0 unspecified atom stereocenters. The first-order valence-electron chi connectivity index (χ1n) is 4.70. The van der Waals surface area contributed by atoms with Crippen LogP contribution in [-0.2, 0) is 6.54 Å². The summed E-state index contributed by atoms with van der Waals surface area (Å²) in [5, 5.41) is 12.6. The fourth-order valence-electron chi connectivity index (χ4n) is 1.21. The molecule has 1 heterocycles. The molecular formula is C8H15BrN4O. The lowest BCUT2D eigenvalue weighted by atomic mass is 10.2. The van der Waals surface area contributed by atoms with Crippen molar-refractivity contribution in [3.8, 4) is 0 Å². The first-order valence-corrected chi connectivity index (χ1v) is 5.50. The topological polar surface area (TPSA) is 77.0 Å². The number of nitrogens with zero attached hydrogens (tertiary/aromatic N) is 3. The monoisotopic (exact) mass is 262 g/mol. The summed E-state index contributed by atoms with van der Waals surface area (Å²) in [6, 6.07) is 0. The minimum Gasteiger partial charge on any atom is -0.396 e. The highest BCUT2D eigenvalue weighted by Gasteiger charge is 2.03. The Bertz CT molecular complexity index is 276. The largest absolute Gasteiger partial charge is 0.396 e. The number of hydrogen-bond donors (Lipinski definition) is 2. The molecule has 1 rings (SSSR count). The van der Waals surface area contributed by atoms with Crippen molar-refractivity contribution >= 4 is 21.9 Å². The van der Waals surface area contributed by atoms with Crippen molar-refractivity contribution in [3.05, 3.63) is 4.73 Å². The molecule has 0 aliphatic heterocycles. The van der Waals surface area contributed by atoms with E-state index in [4.69, 9.17) is 10.8 Å². The van der Waals surface area contributed by atoms with Crippen LogP contribution in [0.5, 0.6) is 0 Å². The molecule has 80 valence electrons. The van der Waals surface area contributed by atoms with E-state index in [2.05, 4.69) is 26.0 Å². The van der Waals surface area contributed by atoms with Crippen LogP contribution in [0.2, 0.25) is 0 Å². The summed E-state index contributed by atoms with van der Waals surface area (Å²) in [6.07, 6.45) is 4.05. The zero-order valence-corrected chi connectivity index (χ0v) is 9.57. The third kappa shape index (κ3) is 3.63. The summed E-state index contributed by atoms with van der Waals surface area (Å²) >= 11 is 3.27. The Labute approximate surface area is 91.4 Å². The first kappa shape index (κ1) is 11.5. The van der Waals surface area contributed by atoms with Gasteiger partial charge in [0.1, 0.15) is 0 Å². The van der Waals surface area contributed by atoms with Gasteiger partial charge in [-0.2, -0.15) is 4.98 Å². The zero-order valence-electron chi connectivity index (χ0n) is 7.99. The molecule has 0 fully saturated rings. The Balaban J connectivity index is 2.21. The van der Waals surface area contributed by atoms with Crippen molar-refractivity contribution in [2.75, 3.05) is 12.3 Å². The fraction of sp³-hybridized carbons (Fsp3) is 0.750. The van der Waals surface area contributed by atoms with E-state index in [0.717, 1.165) is 32.2 Å². The second-order valence-corrected chi connectivity index (χ2v) is 3.81. The van der Waals surface area contributed by atoms with Crippen molar-refractivity contribution in [3.63, 3.8) is 0 Å². The summed E-state index contributed by atoms with van der Waals surface area (Å²) in [7, 11) is 0. The maximum atomic E-state index is 8.58. The van der Waals surface area contributed by atoms with Crippen molar-refractivity contribution in [1.82, 2.24) is 14.8 Å². The predicted molar refractivity (Wildman–Crippen MR) is 57.7 cm³/mol. The highest BCUT2D eigenvalue weighted by molar-refractivity contribution is 9.10. The third-order valence-electron chi connectivity index (χ3n) is 1.92. The van der Waals surface area contributed by atoms with Crippen LogP contribution in [0, 0.1) is 0 Å². The predicted octanol–water partition coefficient (Wildman–Crippen LogP) is 1.18. The van der Waals surface area contributed by atoms with Gasteiger partial charge in [0.15, 0.2) is 4.73 Å². The quantitative estimate of drug-likeness (QED) is 0.755. The smallest absolute Gasteiger partial charge is 0.240 e. The van der Waals surface area contributed by atoms with Gasteiger partial charge in [0.2, 0.25) is 5.95 Å². The summed E-state index contributed by atoms with van der Waals surface area (Å²) in [4.78, 5) is 3.93.